The van der Waals surface area contributed by atoms with Crippen molar-refractivity contribution in [2.24, 2.45) is 0 Å². The van der Waals surface area contributed by atoms with Crippen LogP contribution in [0.2, 0.25) is 0 Å². The molecule has 0 fully saturated rings. The minimum Gasteiger partial charge on any atom is -0.462 e. The summed E-state index contributed by atoms with van der Waals surface area (Å²) in [6, 6.07) is 0. The largest absolute Gasteiger partial charge is 0.472 e. The highest BCUT2D eigenvalue weighted by atomic mass is 31.2. The van der Waals surface area contributed by atoms with E-state index in [9.17, 15) is 43.2 Å². The second kappa shape index (κ2) is 72.3. The number of esters is 4. The van der Waals surface area contributed by atoms with Crippen molar-refractivity contribution in [2.45, 2.75) is 303 Å². The van der Waals surface area contributed by atoms with Crippen LogP contribution < -0.4 is 0 Å². The summed E-state index contributed by atoms with van der Waals surface area (Å²) >= 11 is 0. The van der Waals surface area contributed by atoms with Gasteiger partial charge in [-0.25, -0.2) is 9.13 Å². The molecule has 0 aliphatic heterocycles. The molecule has 0 amide bonds. The molecule has 0 aromatic rings. The summed E-state index contributed by atoms with van der Waals surface area (Å²) in [6.07, 6.45) is 81.3. The van der Waals surface area contributed by atoms with Gasteiger partial charge < -0.3 is 33.8 Å². The number of rotatable bonds is 70. The van der Waals surface area contributed by atoms with Crippen LogP contribution in [0.5, 0.6) is 0 Å². The van der Waals surface area contributed by atoms with Gasteiger partial charge in [-0.2, -0.15) is 0 Å². The summed E-state index contributed by atoms with van der Waals surface area (Å²) < 4.78 is 68.4. The number of aliphatic hydroxyl groups is 1. The van der Waals surface area contributed by atoms with Crippen LogP contribution in [0.15, 0.2) is 146 Å². The molecule has 0 saturated heterocycles. The standard InChI is InChI=1S/C81H134O17P2/c1-5-9-13-17-21-25-29-33-36-37-40-43-46-50-54-58-62-66-79(84)92-72-77(98-81(86)68-64-60-56-52-48-44-39-35-31-27-23-19-15-11-7-3)74-96-100(89,90)94-70-75(82)69-93-99(87,88)95-73-76(97-80(85)67-63-59-55-51-47-41-32-28-24-20-16-12-8-4)71-91-78(83)65-61-57-53-49-45-42-38-34-30-26-22-18-14-10-6-2/h9-11,13-15,21-23,25-28,32-36,38-40,43,45,49,75-77,82H,5-8,12,16-20,24,29-31,37,41-42,44,46-48,50-74H2,1-4H3,(H,87,88)(H,89,90)/b13-9-,14-10-,15-11-,25-21-,26-22-,27-23-,32-28-,36-33-,38-34-,39-35-,43-40-,49-45-. The van der Waals surface area contributed by atoms with E-state index in [0.717, 1.165) is 180 Å². The van der Waals surface area contributed by atoms with Gasteiger partial charge in [-0.15, -0.1) is 0 Å². The minimum absolute atomic E-state index is 0.0644. The molecule has 5 atom stereocenters. The third-order valence-electron chi connectivity index (χ3n) is 15.3. The van der Waals surface area contributed by atoms with Gasteiger partial charge in [-0.1, -0.05) is 244 Å². The van der Waals surface area contributed by atoms with Crippen molar-refractivity contribution in [1.82, 2.24) is 0 Å². The maximum Gasteiger partial charge on any atom is 0.472 e. The quantitative estimate of drug-likeness (QED) is 0.0169. The SMILES string of the molecule is CC/C=C\C/C=C\C/C=C\C/C=C\CCCCCCC(=O)OCC(COP(=O)(O)OCC(O)COP(=O)(O)OCC(COC(=O)CCCC/C=C\C/C=C\C/C=C\C/C=C\CC)OC(=O)CCCCCCC/C=C\CCCCCC)OC(=O)CCCCCCC/C=C\C/C=C\C/C=C\CC. The van der Waals surface area contributed by atoms with Gasteiger partial charge in [0, 0.05) is 25.7 Å². The lowest BCUT2D eigenvalue weighted by Gasteiger charge is -2.21. The zero-order valence-corrected chi connectivity index (χ0v) is 63.9. The average molecular weight is 1440 g/mol. The third-order valence-corrected chi connectivity index (χ3v) is 17.2. The van der Waals surface area contributed by atoms with Gasteiger partial charge in [0.2, 0.25) is 0 Å². The number of carbonyl (C=O) groups is 4. The van der Waals surface area contributed by atoms with Crippen LogP contribution in [0.1, 0.15) is 285 Å². The summed E-state index contributed by atoms with van der Waals surface area (Å²) in [5.74, 6) is -2.29. The Kier molecular flexibility index (Phi) is 68.6. The fraction of sp³-hybridized carbons (Fsp3) is 0.654. The van der Waals surface area contributed by atoms with Crippen molar-refractivity contribution in [3.05, 3.63) is 146 Å². The van der Waals surface area contributed by atoms with Crippen LogP contribution in [0.25, 0.3) is 0 Å². The molecular formula is C81H134O17P2. The highest BCUT2D eigenvalue weighted by Gasteiger charge is 2.30. The molecule has 570 valence electrons. The first kappa shape index (κ1) is 94.9. The molecule has 0 bridgehead atoms. The van der Waals surface area contributed by atoms with Gasteiger partial charge in [-0.05, 0) is 161 Å². The highest BCUT2D eigenvalue weighted by Crippen LogP contribution is 2.45. The van der Waals surface area contributed by atoms with Crippen molar-refractivity contribution >= 4 is 39.5 Å². The van der Waals surface area contributed by atoms with Crippen LogP contribution in [0.3, 0.4) is 0 Å². The van der Waals surface area contributed by atoms with E-state index in [0.29, 0.717) is 25.7 Å². The van der Waals surface area contributed by atoms with Crippen molar-refractivity contribution < 1.29 is 80.2 Å². The number of aliphatic hydroxyl groups excluding tert-OH is 1. The maximum atomic E-state index is 13.1. The Balaban J connectivity index is 5.43. The van der Waals surface area contributed by atoms with Crippen LogP contribution in [-0.2, 0) is 65.4 Å². The molecule has 0 spiro atoms. The lowest BCUT2D eigenvalue weighted by Crippen LogP contribution is -2.30. The van der Waals surface area contributed by atoms with Gasteiger partial charge >= 0.3 is 39.5 Å². The normalized spacial score (nSPS) is 14.8. The van der Waals surface area contributed by atoms with E-state index in [-0.39, 0.29) is 25.7 Å². The topological polar surface area (TPSA) is 237 Å². The Labute approximate surface area is 605 Å². The predicted molar refractivity (Wildman–Crippen MR) is 408 cm³/mol. The predicted octanol–water partition coefficient (Wildman–Crippen LogP) is 21.9. The fourth-order valence-electron chi connectivity index (χ4n) is 9.56. The molecule has 0 aromatic carbocycles. The van der Waals surface area contributed by atoms with Crippen molar-refractivity contribution in [3.63, 3.8) is 0 Å². The van der Waals surface area contributed by atoms with Gasteiger partial charge in [-0.3, -0.25) is 37.3 Å². The van der Waals surface area contributed by atoms with E-state index < -0.39 is 97.5 Å². The second-order valence-electron chi connectivity index (χ2n) is 24.8. The first-order chi connectivity index (χ1) is 48.7. The first-order valence-electron chi connectivity index (χ1n) is 38.1. The number of carbonyl (C=O) groups excluding carboxylic acids is 4. The Morgan fingerprint density at radius 2 is 0.520 bits per heavy atom. The zero-order valence-electron chi connectivity index (χ0n) is 62.1. The monoisotopic (exact) mass is 1440 g/mol. The third kappa shape index (κ3) is 71.3. The van der Waals surface area contributed by atoms with E-state index >= 15 is 0 Å². The first-order valence-corrected chi connectivity index (χ1v) is 41.1. The Bertz CT molecular complexity index is 2470. The van der Waals surface area contributed by atoms with Gasteiger partial charge in [0.05, 0.1) is 26.4 Å². The molecule has 0 aliphatic rings. The summed E-state index contributed by atoms with van der Waals surface area (Å²) in [5.41, 5.74) is 0. The Hall–Kier alpha value is -5.06. The molecule has 3 N–H and O–H groups in total. The molecule has 17 nitrogen and oxygen atoms in total. The van der Waals surface area contributed by atoms with E-state index in [1.807, 2.05) is 0 Å². The van der Waals surface area contributed by atoms with Crippen LogP contribution in [0, 0.1) is 0 Å². The zero-order chi connectivity index (χ0) is 73.2. The van der Waals surface area contributed by atoms with E-state index in [4.69, 9.17) is 37.0 Å². The number of unbranched alkanes of at least 4 members (excludes halogenated alkanes) is 20. The molecule has 19 heteroatoms. The van der Waals surface area contributed by atoms with Crippen molar-refractivity contribution in [2.75, 3.05) is 39.6 Å². The number of phosphoric acid groups is 2. The summed E-state index contributed by atoms with van der Waals surface area (Å²) in [5, 5.41) is 10.6. The summed E-state index contributed by atoms with van der Waals surface area (Å²) in [6.45, 7) is 4.40. The Morgan fingerprint density at radius 3 is 0.830 bits per heavy atom. The molecule has 5 unspecified atom stereocenters. The van der Waals surface area contributed by atoms with Crippen LogP contribution in [0.4, 0.5) is 0 Å². The molecule has 0 rings (SSSR count). The molecular weight excluding hydrogens is 1310 g/mol. The van der Waals surface area contributed by atoms with Gasteiger partial charge in [0.25, 0.3) is 0 Å². The van der Waals surface area contributed by atoms with Crippen molar-refractivity contribution in [3.8, 4) is 0 Å². The lowest BCUT2D eigenvalue weighted by atomic mass is 10.1. The van der Waals surface area contributed by atoms with Crippen molar-refractivity contribution in [1.29, 1.82) is 0 Å². The number of phosphoric ester groups is 2. The number of ether oxygens (including phenoxy) is 4. The lowest BCUT2D eigenvalue weighted by molar-refractivity contribution is -0.161. The molecule has 0 aliphatic carbocycles. The smallest absolute Gasteiger partial charge is 0.462 e. The molecule has 0 heterocycles. The minimum atomic E-state index is -4.99. The molecule has 0 aromatic heterocycles. The molecule has 0 radical (unpaired) electrons. The highest BCUT2D eigenvalue weighted by molar-refractivity contribution is 7.47. The number of hydrogen-bond acceptors (Lipinski definition) is 15. The van der Waals surface area contributed by atoms with Gasteiger partial charge in [0.1, 0.15) is 19.3 Å². The number of allylic oxidation sites excluding steroid dienone is 24. The summed E-state index contributed by atoms with van der Waals surface area (Å²) in [7, 11) is -9.98. The maximum absolute atomic E-state index is 13.1. The molecule has 0 saturated carbocycles. The molecule has 100 heavy (non-hydrogen) atoms. The second-order valence-corrected chi connectivity index (χ2v) is 27.7. The fourth-order valence-corrected chi connectivity index (χ4v) is 11.1. The van der Waals surface area contributed by atoms with Gasteiger partial charge in [0.15, 0.2) is 12.2 Å². The van der Waals surface area contributed by atoms with E-state index in [1.165, 1.54) is 25.7 Å². The average Bonchev–Trinajstić information content (AvgIpc) is 1.06. The van der Waals surface area contributed by atoms with Crippen LogP contribution >= 0.6 is 15.6 Å². The van der Waals surface area contributed by atoms with E-state index in [2.05, 4.69) is 174 Å². The summed E-state index contributed by atoms with van der Waals surface area (Å²) in [4.78, 5) is 72.9. The Morgan fingerprint density at radius 1 is 0.290 bits per heavy atom. The number of hydrogen-bond donors (Lipinski definition) is 3. The van der Waals surface area contributed by atoms with Crippen LogP contribution in [-0.4, -0.2) is 96.7 Å². The van der Waals surface area contributed by atoms with E-state index in [1.54, 1.807) is 0 Å².